The minimum atomic E-state index is -0.195. The number of piperazine rings is 1. The van der Waals surface area contributed by atoms with E-state index in [0.29, 0.717) is 12.2 Å². The lowest BCUT2D eigenvalue weighted by Crippen LogP contribution is -2.47. The Balaban J connectivity index is 1.92. The number of rotatable bonds is 5. The van der Waals surface area contributed by atoms with Crippen LogP contribution in [0.4, 0.5) is 5.82 Å². The highest BCUT2D eigenvalue weighted by molar-refractivity contribution is 5.92. The van der Waals surface area contributed by atoms with Gasteiger partial charge in [-0.25, -0.2) is 0 Å². The van der Waals surface area contributed by atoms with Crippen molar-refractivity contribution in [2.45, 2.75) is 6.92 Å². The first-order valence-corrected chi connectivity index (χ1v) is 6.94. The van der Waals surface area contributed by atoms with Crippen molar-refractivity contribution >= 4 is 11.7 Å². The smallest absolute Gasteiger partial charge is 0.271 e. The Kier molecular flexibility index (Phi) is 5.25. The number of anilines is 1. The van der Waals surface area contributed by atoms with Crippen molar-refractivity contribution in [3.8, 4) is 0 Å². The van der Waals surface area contributed by atoms with Crippen molar-refractivity contribution in [2.75, 3.05) is 50.8 Å². The Hall–Kier alpha value is -1.73. The van der Waals surface area contributed by atoms with Crippen LogP contribution in [0.3, 0.4) is 0 Å². The molecule has 1 aliphatic rings. The molecule has 0 bridgehead atoms. The van der Waals surface area contributed by atoms with E-state index in [1.807, 2.05) is 13.0 Å². The standard InChI is InChI=1S/C13H21N5O2/c1-2-14-13(20)11-3-4-12(16-15-11)18-7-5-17(6-8-18)9-10-19/h3-4,19H,2,5-10H2,1H3,(H,14,20). The van der Waals surface area contributed by atoms with Gasteiger partial charge in [-0.05, 0) is 19.1 Å². The quantitative estimate of drug-likeness (QED) is 0.745. The highest BCUT2D eigenvalue weighted by Gasteiger charge is 2.18. The maximum atomic E-state index is 11.6. The van der Waals surface area contributed by atoms with Gasteiger partial charge in [-0.2, -0.15) is 0 Å². The van der Waals surface area contributed by atoms with Gasteiger partial charge in [0.05, 0.1) is 6.61 Å². The fourth-order valence-corrected chi connectivity index (χ4v) is 2.21. The largest absolute Gasteiger partial charge is 0.395 e. The molecule has 0 saturated carbocycles. The van der Waals surface area contributed by atoms with Crippen LogP contribution in [0.1, 0.15) is 17.4 Å². The van der Waals surface area contributed by atoms with Crippen LogP contribution in [-0.4, -0.2) is 72.0 Å². The molecule has 1 fully saturated rings. The fourth-order valence-electron chi connectivity index (χ4n) is 2.21. The average molecular weight is 279 g/mol. The van der Waals surface area contributed by atoms with Crippen molar-refractivity contribution in [1.29, 1.82) is 0 Å². The van der Waals surface area contributed by atoms with Crippen molar-refractivity contribution in [1.82, 2.24) is 20.4 Å². The van der Waals surface area contributed by atoms with E-state index in [2.05, 4.69) is 25.3 Å². The molecule has 1 aromatic heterocycles. The van der Waals surface area contributed by atoms with Gasteiger partial charge in [-0.15, -0.1) is 10.2 Å². The summed E-state index contributed by atoms with van der Waals surface area (Å²) >= 11 is 0. The third kappa shape index (κ3) is 3.64. The highest BCUT2D eigenvalue weighted by atomic mass is 16.3. The summed E-state index contributed by atoms with van der Waals surface area (Å²) in [7, 11) is 0. The van der Waals surface area contributed by atoms with Crippen molar-refractivity contribution in [2.24, 2.45) is 0 Å². The number of hydrogen-bond donors (Lipinski definition) is 2. The summed E-state index contributed by atoms with van der Waals surface area (Å²) in [5.41, 5.74) is 0.342. The molecule has 7 nitrogen and oxygen atoms in total. The van der Waals surface area contributed by atoms with E-state index in [0.717, 1.165) is 38.5 Å². The Labute approximate surface area is 118 Å². The summed E-state index contributed by atoms with van der Waals surface area (Å²) in [5.74, 6) is 0.598. The maximum Gasteiger partial charge on any atom is 0.271 e. The summed E-state index contributed by atoms with van der Waals surface area (Å²) in [4.78, 5) is 15.9. The third-order valence-electron chi connectivity index (χ3n) is 3.33. The lowest BCUT2D eigenvalue weighted by molar-refractivity contribution is 0.0950. The number of aliphatic hydroxyl groups is 1. The van der Waals surface area contributed by atoms with Gasteiger partial charge in [0.1, 0.15) is 0 Å². The Morgan fingerprint density at radius 3 is 2.60 bits per heavy atom. The number of amides is 1. The first kappa shape index (κ1) is 14.7. The summed E-state index contributed by atoms with van der Waals surface area (Å²) in [6, 6.07) is 3.53. The Morgan fingerprint density at radius 2 is 2.05 bits per heavy atom. The predicted octanol–water partition coefficient (Wildman–Crippen LogP) is -0.659. The van der Waals surface area contributed by atoms with E-state index >= 15 is 0 Å². The maximum absolute atomic E-state index is 11.6. The summed E-state index contributed by atoms with van der Waals surface area (Å²) in [5, 5.41) is 19.7. The van der Waals surface area contributed by atoms with Gasteiger partial charge in [0.2, 0.25) is 0 Å². The molecule has 7 heteroatoms. The minimum absolute atomic E-state index is 0.195. The molecule has 0 aliphatic carbocycles. The molecular weight excluding hydrogens is 258 g/mol. The molecule has 0 spiro atoms. The fraction of sp³-hybridized carbons (Fsp3) is 0.615. The molecule has 2 heterocycles. The molecule has 2 rings (SSSR count). The molecule has 0 radical (unpaired) electrons. The van der Waals surface area contributed by atoms with Crippen molar-refractivity contribution < 1.29 is 9.90 Å². The number of carbonyl (C=O) groups excluding carboxylic acids is 1. The van der Waals surface area contributed by atoms with E-state index in [1.165, 1.54) is 0 Å². The number of nitrogens with one attached hydrogen (secondary N) is 1. The normalized spacial score (nSPS) is 16.2. The van der Waals surface area contributed by atoms with Crippen LogP contribution in [0.15, 0.2) is 12.1 Å². The number of carbonyl (C=O) groups is 1. The second-order valence-corrected chi connectivity index (χ2v) is 4.69. The first-order chi connectivity index (χ1) is 9.74. The van der Waals surface area contributed by atoms with E-state index in [4.69, 9.17) is 5.11 Å². The highest BCUT2D eigenvalue weighted by Crippen LogP contribution is 2.12. The van der Waals surface area contributed by atoms with E-state index < -0.39 is 0 Å². The molecule has 110 valence electrons. The number of aliphatic hydroxyl groups excluding tert-OH is 1. The molecule has 20 heavy (non-hydrogen) atoms. The molecule has 1 saturated heterocycles. The molecule has 1 aliphatic heterocycles. The van der Waals surface area contributed by atoms with Crippen LogP contribution in [0.5, 0.6) is 0 Å². The van der Waals surface area contributed by atoms with Crippen molar-refractivity contribution in [3.05, 3.63) is 17.8 Å². The zero-order chi connectivity index (χ0) is 14.4. The summed E-state index contributed by atoms with van der Waals surface area (Å²) in [6.45, 7) is 6.88. The van der Waals surface area contributed by atoms with Crippen LogP contribution in [0.2, 0.25) is 0 Å². The summed E-state index contributed by atoms with van der Waals surface area (Å²) in [6.07, 6.45) is 0. The summed E-state index contributed by atoms with van der Waals surface area (Å²) < 4.78 is 0. The lowest BCUT2D eigenvalue weighted by Gasteiger charge is -2.34. The second-order valence-electron chi connectivity index (χ2n) is 4.69. The van der Waals surface area contributed by atoms with Crippen LogP contribution in [0, 0.1) is 0 Å². The lowest BCUT2D eigenvalue weighted by atomic mass is 10.3. The molecular formula is C13H21N5O2. The first-order valence-electron chi connectivity index (χ1n) is 6.94. The zero-order valence-electron chi connectivity index (χ0n) is 11.7. The molecule has 0 aromatic carbocycles. The predicted molar refractivity (Wildman–Crippen MR) is 75.8 cm³/mol. The topological polar surface area (TPSA) is 81.6 Å². The Morgan fingerprint density at radius 1 is 1.30 bits per heavy atom. The molecule has 0 atom stereocenters. The number of hydrogen-bond acceptors (Lipinski definition) is 6. The Bertz CT molecular complexity index is 429. The van der Waals surface area contributed by atoms with E-state index in [-0.39, 0.29) is 12.5 Å². The zero-order valence-corrected chi connectivity index (χ0v) is 11.7. The average Bonchev–Trinajstić information content (AvgIpc) is 2.49. The number of aromatic nitrogens is 2. The van der Waals surface area contributed by atoms with Crippen LogP contribution in [-0.2, 0) is 0 Å². The molecule has 0 unspecified atom stereocenters. The molecule has 1 amide bonds. The van der Waals surface area contributed by atoms with Crippen molar-refractivity contribution in [3.63, 3.8) is 0 Å². The van der Waals surface area contributed by atoms with Gasteiger partial charge >= 0.3 is 0 Å². The molecule has 2 N–H and O–H groups in total. The number of nitrogens with zero attached hydrogens (tertiary/aromatic N) is 4. The van der Waals surface area contributed by atoms with Gasteiger partial charge in [0, 0.05) is 39.3 Å². The van der Waals surface area contributed by atoms with Gasteiger partial charge < -0.3 is 15.3 Å². The third-order valence-corrected chi connectivity index (χ3v) is 3.33. The van der Waals surface area contributed by atoms with Crippen LogP contribution >= 0.6 is 0 Å². The SMILES string of the molecule is CCNC(=O)c1ccc(N2CCN(CCO)CC2)nn1. The monoisotopic (exact) mass is 279 g/mol. The van der Waals surface area contributed by atoms with E-state index in [9.17, 15) is 4.79 Å². The van der Waals surface area contributed by atoms with Gasteiger partial charge in [0.15, 0.2) is 11.5 Å². The minimum Gasteiger partial charge on any atom is -0.395 e. The van der Waals surface area contributed by atoms with Gasteiger partial charge in [0.25, 0.3) is 5.91 Å². The number of β-amino-alcohol motifs (C(OH)–C–C–N with tert-alkyl or cyclic N) is 1. The van der Waals surface area contributed by atoms with E-state index in [1.54, 1.807) is 6.07 Å². The van der Waals surface area contributed by atoms with Gasteiger partial charge in [-0.1, -0.05) is 0 Å². The van der Waals surface area contributed by atoms with Crippen LogP contribution in [0.25, 0.3) is 0 Å². The molecule has 1 aromatic rings. The van der Waals surface area contributed by atoms with Gasteiger partial charge in [-0.3, -0.25) is 9.69 Å². The van der Waals surface area contributed by atoms with Crippen LogP contribution < -0.4 is 10.2 Å². The second kappa shape index (κ2) is 7.16.